The zero-order valence-corrected chi connectivity index (χ0v) is 23.1. The van der Waals surface area contributed by atoms with Crippen molar-refractivity contribution in [3.63, 3.8) is 0 Å². The minimum absolute atomic E-state index is 0.0118. The van der Waals surface area contributed by atoms with Crippen LogP contribution in [0, 0.1) is 6.92 Å². The maximum absolute atomic E-state index is 13.1. The fourth-order valence-corrected chi connectivity index (χ4v) is 4.40. The lowest BCUT2D eigenvalue weighted by atomic mass is 10.0. The van der Waals surface area contributed by atoms with E-state index in [1.807, 2.05) is 55.1 Å². The van der Waals surface area contributed by atoms with Gasteiger partial charge in [0.25, 0.3) is 0 Å². The van der Waals surface area contributed by atoms with Crippen molar-refractivity contribution in [2.45, 2.75) is 53.8 Å². The summed E-state index contributed by atoms with van der Waals surface area (Å²) in [6.07, 6.45) is 5.20. The first-order chi connectivity index (χ1) is 18.4. The SMILES string of the molecule is CC.CC1=NNN(Cc2cc(C)ccc2/C=C/C(=O)N2CCN(Cc3ccc(OCCF)cn3)C[C@H]2C)N1. The van der Waals surface area contributed by atoms with E-state index < -0.39 is 6.67 Å². The number of alkyl halides is 1. The summed E-state index contributed by atoms with van der Waals surface area (Å²) in [5.41, 5.74) is 10.3. The number of benzene rings is 1. The summed E-state index contributed by atoms with van der Waals surface area (Å²) >= 11 is 0. The van der Waals surface area contributed by atoms with Crippen LogP contribution in [0.5, 0.6) is 5.75 Å². The Hall–Kier alpha value is -3.50. The number of nitrogens with one attached hydrogen (secondary N) is 2. The molecule has 10 heteroatoms. The predicted octanol–water partition coefficient (Wildman–Crippen LogP) is 3.67. The fourth-order valence-electron chi connectivity index (χ4n) is 4.40. The van der Waals surface area contributed by atoms with Crippen molar-refractivity contribution in [3.8, 4) is 5.75 Å². The second-order valence-corrected chi connectivity index (χ2v) is 9.17. The lowest BCUT2D eigenvalue weighted by molar-refractivity contribution is -0.130. The van der Waals surface area contributed by atoms with Crippen LogP contribution in [0.25, 0.3) is 6.08 Å². The fraction of sp³-hybridized carbons (Fsp3) is 0.464. The van der Waals surface area contributed by atoms with Crippen molar-refractivity contribution >= 4 is 17.8 Å². The highest BCUT2D eigenvalue weighted by molar-refractivity contribution is 5.92. The highest BCUT2D eigenvalue weighted by Gasteiger charge is 2.26. The number of ether oxygens (including phenoxy) is 1. The van der Waals surface area contributed by atoms with Crippen molar-refractivity contribution in [3.05, 3.63) is 65.0 Å². The molecule has 0 aliphatic carbocycles. The Balaban J connectivity index is 0.00000195. The molecule has 0 bridgehead atoms. The number of amides is 1. The molecule has 9 nitrogen and oxygen atoms in total. The minimum atomic E-state index is -0.521. The van der Waals surface area contributed by atoms with E-state index in [0.29, 0.717) is 25.4 Å². The molecule has 2 aliphatic rings. The first-order valence-electron chi connectivity index (χ1n) is 13.2. The third kappa shape index (κ3) is 8.26. The van der Waals surface area contributed by atoms with E-state index in [0.717, 1.165) is 41.3 Å². The Morgan fingerprint density at radius 2 is 2.00 bits per heavy atom. The van der Waals surface area contributed by atoms with Crippen LogP contribution < -0.4 is 15.7 Å². The summed E-state index contributed by atoms with van der Waals surface area (Å²) in [5.74, 6) is 1.39. The Morgan fingerprint density at radius 3 is 2.66 bits per heavy atom. The standard InChI is InChI=1S/C26H34FN7O2.C2H6/c1-19-4-5-22(23(14-19)17-34-30-21(3)29-31-34)6-9-26(35)33-12-11-32(16-20(33)2)18-24-7-8-25(15-28-24)36-13-10-27;1-2/h4-9,14-15,20,31H,10-13,16-18H2,1-3H3,(H,29,30);1-2H3/b9-6+;/t20-;/m1./s1. The molecule has 0 spiro atoms. The molecule has 1 aromatic carbocycles. The van der Waals surface area contributed by atoms with Gasteiger partial charge in [0, 0.05) is 38.3 Å². The van der Waals surface area contributed by atoms with Crippen molar-refractivity contribution in [1.82, 2.24) is 30.9 Å². The Kier molecular flexibility index (Phi) is 11.0. The molecule has 1 fully saturated rings. The zero-order valence-electron chi connectivity index (χ0n) is 23.1. The van der Waals surface area contributed by atoms with E-state index in [1.165, 1.54) is 0 Å². The van der Waals surface area contributed by atoms with Crippen LogP contribution in [-0.2, 0) is 17.9 Å². The number of aryl methyl sites for hydroxylation is 1. The molecule has 2 aromatic rings. The average molecular weight is 526 g/mol. The van der Waals surface area contributed by atoms with Gasteiger partial charge in [-0.1, -0.05) is 37.6 Å². The van der Waals surface area contributed by atoms with Gasteiger partial charge >= 0.3 is 0 Å². The van der Waals surface area contributed by atoms with Crippen LogP contribution >= 0.6 is 0 Å². The Labute approximate surface area is 225 Å². The molecule has 3 heterocycles. The molecule has 206 valence electrons. The molecule has 0 saturated carbocycles. The Bertz CT molecular complexity index is 1110. The van der Waals surface area contributed by atoms with Gasteiger partial charge in [0.1, 0.15) is 24.9 Å². The van der Waals surface area contributed by atoms with Crippen molar-refractivity contribution in [1.29, 1.82) is 0 Å². The number of hydrazine groups is 2. The number of carbonyl (C=O) groups excluding carboxylic acids is 1. The van der Waals surface area contributed by atoms with Crippen molar-refractivity contribution in [2.75, 3.05) is 32.9 Å². The van der Waals surface area contributed by atoms with Gasteiger partial charge in [-0.25, -0.2) is 9.93 Å². The summed E-state index contributed by atoms with van der Waals surface area (Å²) in [4.78, 5) is 21.7. The van der Waals surface area contributed by atoms with E-state index in [-0.39, 0.29) is 18.6 Å². The first-order valence-corrected chi connectivity index (χ1v) is 13.2. The maximum atomic E-state index is 13.1. The number of hydrogen-bond acceptors (Lipinski definition) is 8. The number of nitrogens with zero attached hydrogens (tertiary/aromatic N) is 5. The minimum Gasteiger partial charge on any atom is -0.489 e. The summed E-state index contributed by atoms with van der Waals surface area (Å²) in [5, 5.41) is 5.94. The average Bonchev–Trinajstić information content (AvgIpc) is 3.33. The predicted molar refractivity (Wildman–Crippen MR) is 149 cm³/mol. The number of amidine groups is 1. The second kappa shape index (κ2) is 14.4. The third-order valence-corrected chi connectivity index (χ3v) is 6.19. The zero-order chi connectivity index (χ0) is 27.5. The van der Waals surface area contributed by atoms with Gasteiger partial charge in [0.15, 0.2) is 0 Å². The lowest BCUT2D eigenvalue weighted by Gasteiger charge is -2.39. The molecule has 4 rings (SSSR count). The number of carbonyl (C=O) groups is 1. The number of halogens is 1. The highest BCUT2D eigenvalue weighted by atomic mass is 19.1. The molecule has 2 N–H and O–H groups in total. The number of hydrogen-bond donors (Lipinski definition) is 2. The van der Waals surface area contributed by atoms with Crippen LogP contribution in [-0.4, -0.2) is 70.6 Å². The number of pyridine rings is 1. The first kappa shape index (κ1) is 29.1. The molecule has 1 atom stereocenters. The molecule has 0 radical (unpaired) electrons. The Morgan fingerprint density at radius 1 is 1.18 bits per heavy atom. The van der Waals surface area contributed by atoms with Crippen LogP contribution in [0.15, 0.2) is 47.7 Å². The summed E-state index contributed by atoms with van der Waals surface area (Å²) in [6.45, 7) is 13.0. The van der Waals surface area contributed by atoms with E-state index in [9.17, 15) is 9.18 Å². The van der Waals surface area contributed by atoms with Gasteiger partial charge in [0.05, 0.1) is 18.4 Å². The summed E-state index contributed by atoms with van der Waals surface area (Å²) < 4.78 is 17.5. The lowest BCUT2D eigenvalue weighted by Crippen LogP contribution is -2.53. The second-order valence-electron chi connectivity index (χ2n) is 9.17. The van der Waals surface area contributed by atoms with E-state index in [1.54, 1.807) is 12.3 Å². The topological polar surface area (TPSA) is 85.3 Å². The van der Waals surface area contributed by atoms with Crippen molar-refractivity contribution in [2.24, 2.45) is 5.10 Å². The molecule has 38 heavy (non-hydrogen) atoms. The molecule has 1 amide bonds. The smallest absolute Gasteiger partial charge is 0.246 e. The molecular weight excluding hydrogens is 485 g/mol. The number of hydrazone groups is 1. The van der Waals surface area contributed by atoms with E-state index in [2.05, 4.69) is 51.9 Å². The maximum Gasteiger partial charge on any atom is 0.246 e. The number of aromatic nitrogens is 1. The van der Waals surface area contributed by atoms with E-state index >= 15 is 0 Å². The van der Waals surface area contributed by atoms with Gasteiger partial charge in [-0.3, -0.25) is 20.1 Å². The van der Waals surface area contributed by atoms with Gasteiger partial charge < -0.3 is 9.64 Å². The normalized spacial score (nSPS) is 17.9. The van der Waals surface area contributed by atoms with Crippen LogP contribution in [0.3, 0.4) is 0 Å². The number of rotatable bonds is 9. The largest absolute Gasteiger partial charge is 0.489 e. The summed E-state index contributed by atoms with van der Waals surface area (Å²) in [6, 6.07) is 10.0. The summed E-state index contributed by atoms with van der Waals surface area (Å²) in [7, 11) is 0. The molecule has 1 aromatic heterocycles. The quantitative estimate of drug-likeness (QED) is 0.483. The highest BCUT2D eigenvalue weighted by Crippen LogP contribution is 2.18. The van der Waals surface area contributed by atoms with Gasteiger partial charge in [-0.2, -0.15) is 0 Å². The molecular formula is C28H40FN7O2. The van der Waals surface area contributed by atoms with Crippen LogP contribution in [0.2, 0.25) is 0 Å². The van der Waals surface area contributed by atoms with Gasteiger partial charge in [-0.05, 0) is 50.1 Å². The third-order valence-electron chi connectivity index (χ3n) is 6.19. The van der Waals surface area contributed by atoms with Crippen LogP contribution in [0.4, 0.5) is 4.39 Å². The van der Waals surface area contributed by atoms with Crippen LogP contribution in [0.1, 0.15) is 50.1 Å². The van der Waals surface area contributed by atoms with Crippen molar-refractivity contribution < 1.29 is 13.9 Å². The monoisotopic (exact) mass is 525 g/mol. The number of piperazine rings is 1. The molecule has 0 unspecified atom stereocenters. The van der Waals surface area contributed by atoms with Gasteiger partial charge in [0.2, 0.25) is 5.91 Å². The van der Waals surface area contributed by atoms with Gasteiger partial charge in [-0.15, -0.1) is 10.2 Å². The van der Waals surface area contributed by atoms with E-state index in [4.69, 9.17) is 4.74 Å². The molecule has 1 saturated heterocycles. The molecule has 2 aliphatic heterocycles.